The molecule has 1 atom stereocenters. The van der Waals surface area contributed by atoms with Crippen LogP contribution in [0.2, 0.25) is 0 Å². The summed E-state index contributed by atoms with van der Waals surface area (Å²) in [6.07, 6.45) is 2.64. The zero-order valence-electron chi connectivity index (χ0n) is 3.91. The first-order valence-corrected chi connectivity index (χ1v) is 2.96. The Bertz CT molecular complexity index is 147. The molecule has 1 unspecified atom stereocenters. The molecule has 0 aromatic rings. The Morgan fingerprint density at radius 1 is 1.75 bits per heavy atom. The van der Waals surface area contributed by atoms with Gasteiger partial charge in [-0.05, 0) is 0 Å². The van der Waals surface area contributed by atoms with Crippen LogP contribution < -0.4 is 0 Å². The van der Waals surface area contributed by atoms with Crippen LogP contribution in [0.1, 0.15) is 0 Å². The minimum absolute atomic E-state index is 0.111. The number of carbonyl (C=O) groups is 1. The van der Waals surface area contributed by atoms with Crippen molar-refractivity contribution < 1.29 is 4.79 Å². The second-order valence-electron chi connectivity index (χ2n) is 1.27. The maximum atomic E-state index is 10.2. The van der Waals surface area contributed by atoms with E-state index in [9.17, 15) is 4.79 Å². The fourth-order valence-corrected chi connectivity index (χ4v) is 0.578. The molecule has 0 N–H and O–H groups in total. The SMILES string of the molecule is O=C1C=NC(Br)C=N1. The Balaban J connectivity index is 2.68. The van der Waals surface area contributed by atoms with Gasteiger partial charge in [0, 0.05) is 6.21 Å². The van der Waals surface area contributed by atoms with Crippen molar-refractivity contribution >= 4 is 34.3 Å². The van der Waals surface area contributed by atoms with Crippen molar-refractivity contribution in [1.82, 2.24) is 0 Å². The van der Waals surface area contributed by atoms with Crippen LogP contribution in [-0.2, 0) is 4.79 Å². The molecule has 1 aliphatic heterocycles. The largest absolute Gasteiger partial charge is 0.287 e. The normalized spacial score (nSPS) is 26.6. The summed E-state index contributed by atoms with van der Waals surface area (Å²) in [4.78, 5) is 17.3. The summed E-state index contributed by atoms with van der Waals surface area (Å²) in [5, 5.41) is 0. The first-order chi connectivity index (χ1) is 3.79. The first kappa shape index (κ1) is 5.62. The van der Waals surface area contributed by atoms with E-state index in [1.807, 2.05) is 0 Å². The summed E-state index contributed by atoms with van der Waals surface area (Å²) >= 11 is 3.12. The van der Waals surface area contributed by atoms with E-state index in [1.165, 1.54) is 12.4 Å². The molecule has 1 amide bonds. The van der Waals surface area contributed by atoms with Crippen LogP contribution in [0.3, 0.4) is 0 Å². The zero-order chi connectivity index (χ0) is 5.98. The predicted molar refractivity (Wildman–Crippen MR) is 34.7 cm³/mol. The molecule has 3 nitrogen and oxygen atoms in total. The molecule has 0 saturated heterocycles. The second-order valence-corrected chi connectivity index (χ2v) is 2.21. The Hall–Kier alpha value is -0.510. The van der Waals surface area contributed by atoms with Gasteiger partial charge in [-0.25, -0.2) is 4.99 Å². The lowest BCUT2D eigenvalue weighted by Gasteiger charge is -1.96. The van der Waals surface area contributed by atoms with E-state index in [-0.39, 0.29) is 10.9 Å². The standard InChI is InChI=1S/C4H3BrN2O/c5-3-1-7-4(8)2-6-3/h1-3H. The van der Waals surface area contributed by atoms with Gasteiger partial charge in [0.1, 0.15) is 4.95 Å². The number of aliphatic imine (C=N–C) groups is 2. The molecular weight excluding hydrogens is 172 g/mol. The zero-order valence-corrected chi connectivity index (χ0v) is 5.50. The van der Waals surface area contributed by atoms with Crippen LogP contribution in [0, 0.1) is 0 Å². The Morgan fingerprint density at radius 2 is 2.50 bits per heavy atom. The molecule has 4 heteroatoms. The third-order valence-corrected chi connectivity index (χ3v) is 1.13. The molecule has 0 saturated carbocycles. The number of amides is 1. The highest BCUT2D eigenvalue weighted by Crippen LogP contribution is 1.99. The molecule has 0 bridgehead atoms. The van der Waals surface area contributed by atoms with Crippen molar-refractivity contribution in [2.75, 3.05) is 0 Å². The Labute approximate surface area is 54.6 Å². The van der Waals surface area contributed by atoms with E-state index in [2.05, 4.69) is 25.9 Å². The summed E-state index contributed by atoms with van der Waals surface area (Å²) in [7, 11) is 0. The van der Waals surface area contributed by atoms with Crippen LogP contribution in [0.15, 0.2) is 9.98 Å². The van der Waals surface area contributed by atoms with Crippen molar-refractivity contribution in [1.29, 1.82) is 0 Å². The van der Waals surface area contributed by atoms with Gasteiger partial charge in [-0.2, -0.15) is 0 Å². The Kier molecular flexibility index (Phi) is 1.53. The van der Waals surface area contributed by atoms with Gasteiger partial charge in [0.25, 0.3) is 5.91 Å². The van der Waals surface area contributed by atoms with Crippen molar-refractivity contribution in [2.24, 2.45) is 9.98 Å². The molecule has 0 fully saturated rings. The van der Waals surface area contributed by atoms with Crippen molar-refractivity contribution in [3.05, 3.63) is 0 Å². The van der Waals surface area contributed by atoms with Crippen LogP contribution >= 0.6 is 15.9 Å². The number of rotatable bonds is 0. The van der Waals surface area contributed by atoms with Gasteiger partial charge in [0.15, 0.2) is 0 Å². The second kappa shape index (κ2) is 2.17. The molecular formula is C4H3BrN2O. The highest BCUT2D eigenvalue weighted by molar-refractivity contribution is 9.09. The minimum Gasteiger partial charge on any atom is -0.267 e. The highest BCUT2D eigenvalue weighted by Gasteiger charge is 2.02. The van der Waals surface area contributed by atoms with E-state index in [0.717, 1.165) is 0 Å². The summed E-state index contributed by atoms with van der Waals surface area (Å²) in [6, 6.07) is 0. The van der Waals surface area contributed by atoms with Gasteiger partial charge in [0.05, 0.1) is 6.21 Å². The average Bonchev–Trinajstić information content (AvgIpc) is 1.77. The minimum atomic E-state index is -0.291. The quantitative estimate of drug-likeness (QED) is 0.387. The van der Waals surface area contributed by atoms with Gasteiger partial charge in [-0.3, -0.25) is 9.79 Å². The molecule has 1 aliphatic rings. The van der Waals surface area contributed by atoms with Gasteiger partial charge >= 0.3 is 0 Å². The average molecular weight is 175 g/mol. The number of nitrogens with zero attached hydrogens (tertiary/aromatic N) is 2. The number of carbonyl (C=O) groups excluding carboxylic acids is 1. The van der Waals surface area contributed by atoms with E-state index < -0.39 is 0 Å². The third-order valence-electron chi connectivity index (χ3n) is 0.652. The highest BCUT2D eigenvalue weighted by atomic mass is 79.9. The van der Waals surface area contributed by atoms with Crippen LogP contribution in [-0.4, -0.2) is 23.3 Å². The molecule has 1 heterocycles. The molecule has 42 valence electrons. The molecule has 0 aliphatic carbocycles. The molecule has 0 radical (unpaired) electrons. The molecule has 8 heavy (non-hydrogen) atoms. The number of halogens is 1. The van der Waals surface area contributed by atoms with E-state index in [0.29, 0.717) is 0 Å². The van der Waals surface area contributed by atoms with Gasteiger partial charge in [0.2, 0.25) is 0 Å². The lowest BCUT2D eigenvalue weighted by Crippen LogP contribution is -2.08. The summed E-state index contributed by atoms with van der Waals surface area (Å²) in [6.45, 7) is 0. The smallest absolute Gasteiger partial charge is 0.267 e. The van der Waals surface area contributed by atoms with Crippen molar-refractivity contribution in [2.45, 2.75) is 4.95 Å². The monoisotopic (exact) mass is 174 g/mol. The Morgan fingerprint density at radius 3 is 2.88 bits per heavy atom. The van der Waals surface area contributed by atoms with Crippen LogP contribution in [0.4, 0.5) is 0 Å². The fraction of sp³-hybridized carbons (Fsp3) is 0.250. The predicted octanol–water partition coefficient (Wildman–Crippen LogP) is 0.389. The maximum Gasteiger partial charge on any atom is 0.287 e. The molecule has 0 aromatic carbocycles. The van der Waals surface area contributed by atoms with Crippen molar-refractivity contribution in [3.63, 3.8) is 0 Å². The number of hydrogen-bond donors (Lipinski definition) is 0. The van der Waals surface area contributed by atoms with Gasteiger partial charge in [-0.1, -0.05) is 15.9 Å². The van der Waals surface area contributed by atoms with E-state index >= 15 is 0 Å². The van der Waals surface area contributed by atoms with Gasteiger partial charge in [-0.15, -0.1) is 0 Å². The van der Waals surface area contributed by atoms with Crippen molar-refractivity contribution in [3.8, 4) is 0 Å². The summed E-state index contributed by atoms with van der Waals surface area (Å²) in [5.41, 5.74) is 0. The maximum absolute atomic E-state index is 10.2. The first-order valence-electron chi connectivity index (χ1n) is 2.04. The lowest BCUT2D eigenvalue weighted by atomic mass is 10.6. The molecule has 0 spiro atoms. The summed E-state index contributed by atoms with van der Waals surface area (Å²) in [5.74, 6) is -0.291. The fourth-order valence-electron chi connectivity index (χ4n) is 0.342. The number of hydrogen-bond acceptors (Lipinski definition) is 2. The summed E-state index contributed by atoms with van der Waals surface area (Å²) < 4.78 is 0. The van der Waals surface area contributed by atoms with Crippen LogP contribution in [0.5, 0.6) is 0 Å². The third kappa shape index (κ3) is 1.23. The lowest BCUT2D eigenvalue weighted by molar-refractivity contribution is -0.111. The van der Waals surface area contributed by atoms with Crippen LogP contribution in [0.25, 0.3) is 0 Å². The molecule has 0 aromatic heterocycles. The topological polar surface area (TPSA) is 41.8 Å². The number of alkyl halides is 1. The van der Waals surface area contributed by atoms with E-state index in [1.54, 1.807) is 0 Å². The van der Waals surface area contributed by atoms with Gasteiger partial charge < -0.3 is 0 Å². The van der Waals surface area contributed by atoms with E-state index in [4.69, 9.17) is 0 Å². The molecule has 1 rings (SSSR count).